The fourth-order valence-corrected chi connectivity index (χ4v) is 3.36. The summed E-state index contributed by atoms with van der Waals surface area (Å²) in [5.41, 5.74) is 0.635. The standard InChI is InChI=1S/C17H22BrN5O2/c1-22(2)17-20-15(21-25-17)4-3-12-5-7-23(8-6-12)16(24)13-9-14(18)11-19-10-13/h9-12H,3-8H2,1-2H3. The molecule has 8 heteroatoms. The minimum Gasteiger partial charge on any atom is -0.339 e. The lowest BCUT2D eigenvalue weighted by Crippen LogP contribution is -2.38. The number of hydrogen-bond acceptors (Lipinski definition) is 6. The number of rotatable bonds is 5. The highest BCUT2D eigenvalue weighted by Gasteiger charge is 2.24. The maximum atomic E-state index is 12.5. The van der Waals surface area contributed by atoms with E-state index in [4.69, 9.17) is 4.52 Å². The average molecular weight is 408 g/mol. The molecule has 3 rings (SSSR count). The SMILES string of the molecule is CN(C)c1nc(CCC2CCN(C(=O)c3cncc(Br)c3)CC2)no1. The highest BCUT2D eigenvalue weighted by atomic mass is 79.9. The first-order valence-electron chi connectivity index (χ1n) is 8.42. The van der Waals surface area contributed by atoms with Gasteiger partial charge in [0.05, 0.1) is 5.56 Å². The van der Waals surface area contributed by atoms with Crippen molar-refractivity contribution in [2.75, 3.05) is 32.1 Å². The highest BCUT2D eigenvalue weighted by Crippen LogP contribution is 2.24. The number of carbonyl (C=O) groups is 1. The molecule has 2 aromatic rings. The van der Waals surface area contributed by atoms with Gasteiger partial charge in [0.15, 0.2) is 5.82 Å². The largest absolute Gasteiger partial charge is 0.339 e. The van der Waals surface area contributed by atoms with Crippen molar-refractivity contribution in [1.29, 1.82) is 0 Å². The van der Waals surface area contributed by atoms with Crippen LogP contribution in [0.4, 0.5) is 6.01 Å². The molecule has 7 nitrogen and oxygen atoms in total. The van der Waals surface area contributed by atoms with Crippen molar-refractivity contribution in [1.82, 2.24) is 20.0 Å². The van der Waals surface area contributed by atoms with Gasteiger partial charge >= 0.3 is 6.01 Å². The first-order chi connectivity index (χ1) is 12.0. The summed E-state index contributed by atoms with van der Waals surface area (Å²) >= 11 is 3.36. The Morgan fingerprint density at radius 3 is 2.76 bits per heavy atom. The second-order valence-corrected chi connectivity index (χ2v) is 7.47. The molecule has 0 bridgehead atoms. The molecular formula is C17H22BrN5O2. The van der Waals surface area contributed by atoms with Crippen molar-refractivity contribution < 1.29 is 9.32 Å². The number of anilines is 1. The number of likely N-dealkylation sites (tertiary alicyclic amines) is 1. The summed E-state index contributed by atoms with van der Waals surface area (Å²) in [4.78, 5) is 24.7. The van der Waals surface area contributed by atoms with Crippen LogP contribution in [0.5, 0.6) is 0 Å². The number of pyridine rings is 1. The fourth-order valence-electron chi connectivity index (χ4n) is 3.00. The zero-order valence-corrected chi connectivity index (χ0v) is 16.1. The van der Waals surface area contributed by atoms with E-state index in [-0.39, 0.29) is 5.91 Å². The first-order valence-corrected chi connectivity index (χ1v) is 9.22. The zero-order chi connectivity index (χ0) is 17.8. The lowest BCUT2D eigenvalue weighted by molar-refractivity contribution is 0.0686. The number of halogens is 1. The molecule has 0 saturated carbocycles. The van der Waals surface area contributed by atoms with Gasteiger partial charge in [-0.25, -0.2) is 0 Å². The summed E-state index contributed by atoms with van der Waals surface area (Å²) < 4.78 is 6.00. The second-order valence-electron chi connectivity index (χ2n) is 6.55. The molecule has 0 spiro atoms. The van der Waals surface area contributed by atoms with Crippen LogP contribution in [0, 0.1) is 5.92 Å². The van der Waals surface area contributed by atoms with Gasteiger partial charge in [0.25, 0.3) is 5.91 Å². The Hall–Kier alpha value is -1.96. The number of piperidine rings is 1. The van der Waals surface area contributed by atoms with Crippen molar-refractivity contribution in [3.8, 4) is 0 Å². The topological polar surface area (TPSA) is 75.4 Å². The minimum atomic E-state index is 0.0565. The van der Waals surface area contributed by atoms with Gasteiger partial charge in [-0.2, -0.15) is 4.98 Å². The van der Waals surface area contributed by atoms with E-state index >= 15 is 0 Å². The lowest BCUT2D eigenvalue weighted by atomic mass is 9.92. The fraction of sp³-hybridized carbons (Fsp3) is 0.529. The number of aryl methyl sites for hydroxylation is 1. The minimum absolute atomic E-state index is 0.0565. The Balaban J connectivity index is 1.47. The predicted octanol–water partition coefficient (Wildman–Crippen LogP) is 2.78. The molecule has 0 atom stereocenters. The lowest BCUT2D eigenvalue weighted by Gasteiger charge is -2.32. The number of nitrogens with zero attached hydrogens (tertiary/aromatic N) is 5. The zero-order valence-electron chi connectivity index (χ0n) is 14.5. The van der Waals surface area contributed by atoms with Gasteiger partial charge in [-0.3, -0.25) is 9.78 Å². The predicted molar refractivity (Wildman–Crippen MR) is 97.5 cm³/mol. The van der Waals surface area contributed by atoms with E-state index in [0.29, 0.717) is 17.5 Å². The molecule has 0 aromatic carbocycles. The number of amides is 1. The van der Waals surface area contributed by atoms with Crippen molar-refractivity contribution in [3.63, 3.8) is 0 Å². The van der Waals surface area contributed by atoms with Gasteiger partial charge < -0.3 is 14.3 Å². The van der Waals surface area contributed by atoms with Crippen LogP contribution in [0.15, 0.2) is 27.5 Å². The summed E-state index contributed by atoms with van der Waals surface area (Å²) in [6, 6.07) is 2.36. The molecule has 1 fully saturated rings. The summed E-state index contributed by atoms with van der Waals surface area (Å²) in [5, 5.41) is 4.01. The normalized spacial score (nSPS) is 15.4. The van der Waals surface area contributed by atoms with Gasteiger partial charge in [-0.1, -0.05) is 5.16 Å². The number of aromatic nitrogens is 3. The number of carbonyl (C=O) groups excluding carboxylic acids is 1. The van der Waals surface area contributed by atoms with Gasteiger partial charge in [0.1, 0.15) is 0 Å². The average Bonchev–Trinajstić information content (AvgIpc) is 3.09. The summed E-state index contributed by atoms with van der Waals surface area (Å²) in [5.74, 6) is 1.40. The van der Waals surface area contributed by atoms with E-state index in [1.54, 1.807) is 17.3 Å². The van der Waals surface area contributed by atoms with E-state index in [1.807, 2.05) is 25.1 Å². The maximum absolute atomic E-state index is 12.5. The van der Waals surface area contributed by atoms with Gasteiger partial charge in [0.2, 0.25) is 0 Å². The molecule has 1 aliphatic heterocycles. The van der Waals surface area contributed by atoms with Crippen molar-refractivity contribution in [2.24, 2.45) is 5.92 Å². The van der Waals surface area contributed by atoms with E-state index in [0.717, 1.165) is 49.1 Å². The molecule has 1 saturated heterocycles. The second kappa shape index (κ2) is 7.95. The molecule has 1 amide bonds. The molecule has 0 unspecified atom stereocenters. The maximum Gasteiger partial charge on any atom is 0.323 e. The molecule has 0 radical (unpaired) electrons. The Bertz CT molecular complexity index is 725. The monoisotopic (exact) mass is 407 g/mol. The van der Waals surface area contributed by atoms with Crippen LogP contribution in [0.25, 0.3) is 0 Å². The van der Waals surface area contributed by atoms with Crippen LogP contribution in [0.2, 0.25) is 0 Å². The quantitative estimate of drug-likeness (QED) is 0.758. The van der Waals surface area contributed by atoms with Crippen molar-refractivity contribution >= 4 is 27.9 Å². The molecule has 134 valence electrons. The molecule has 3 heterocycles. The van der Waals surface area contributed by atoms with Crippen LogP contribution < -0.4 is 4.90 Å². The Kier molecular flexibility index (Phi) is 5.67. The van der Waals surface area contributed by atoms with Gasteiger partial charge in [-0.15, -0.1) is 0 Å². The molecule has 0 aliphatic carbocycles. The van der Waals surface area contributed by atoms with Crippen LogP contribution in [-0.4, -0.2) is 53.1 Å². The molecule has 2 aromatic heterocycles. The van der Waals surface area contributed by atoms with E-state index in [9.17, 15) is 4.79 Å². The third-order valence-corrected chi connectivity index (χ3v) is 4.90. The molecule has 0 N–H and O–H groups in total. The third kappa shape index (κ3) is 4.56. The highest BCUT2D eigenvalue weighted by molar-refractivity contribution is 9.10. The Morgan fingerprint density at radius 2 is 2.12 bits per heavy atom. The Morgan fingerprint density at radius 1 is 1.36 bits per heavy atom. The molecular weight excluding hydrogens is 386 g/mol. The van der Waals surface area contributed by atoms with Crippen molar-refractivity contribution in [3.05, 3.63) is 34.3 Å². The smallest absolute Gasteiger partial charge is 0.323 e. The van der Waals surface area contributed by atoms with E-state index in [1.165, 1.54) is 0 Å². The molecule has 1 aliphatic rings. The van der Waals surface area contributed by atoms with Crippen LogP contribution >= 0.6 is 15.9 Å². The van der Waals surface area contributed by atoms with Crippen LogP contribution in [0.1, 0.15) is 35.4 Å². The van der Waals surface area contributed by atoms with E-state index in [2.05, 4.69) is 31.1 Å². The number of hydrogen-bond donors (Lipinski definition) is 0. The third-order valence-electron chi connectivity index (χ3n) is 4.47. The summed E-state index contributed by atoms with van der Waals surface area (Å²) in [6.07, 6.45) is 7.15. The Labute approximate surface area is 155 Å². The summed E-state index contributed by atoms with van der Waals surface area (Å²) in [7, 11) is 3.76. The van der Waals surface area contributed by atoms with Crippen LogP contribution in [-0.2, 0) is 6.42 Å². The van der Waals surface area contributed by atoms with E-state index < -0.39 is 0 Å². The first kappa shape index (κ1) is 17.8. The van der Waals surface area contributed by atoms with Gasteiger partial charge in [0, 0.05) is 50.5 Å². The summed E-state index contributed by atoms with van der Waals surface area (Å²) in [6.45, 7) is 1.57. The molecule has 25 heavy (non-hydrogen) atoms. The van der Waals surface area contributed by atoms with Crippen molar-refractivity contribution in [2.45, 2.75) is 25.7 Å². The van der Waals surface area contributed by atoms with Crippen LogP contribution in [0.3, 0.4) is 0 Å². The van der Waals surface area contributed by atoms with Gasteiger partial charge in [-0.05, 0) is 47.2 Å².